The SMILES string of the molecule is Nc1cc(C(=O)NCC2CCCCC2CO)ccc1F. The predicted molar refractivity (Wildman–Crippen MR) is 75.7 cm³/mol. The monoisotopic (exact) mass is 280 g/mol. The van der Waals surface area contributed by atoms with E-state index >= 15 is 0 Å². The van der Waals surface area contributed by atoms with E-state index in [1.165, 1.54) is 18.2 Å². The van der Waals surface area contributed by atoms with Crippen LogP contribution in [0.4, 0.5) is 10.1 Å². The van der Waals surface area contributed by atoms with E-state index in [2.05, 4.69) is 5.32 Å². The number of nitrogens with two attached hydrogens (primary N) is 1. The van der Waals surface area contributed by atoms with Crippen LogP contribution in [0, 0.1) is 17.7 Å². The molecule has 2 atom stereocenters. The van der Waals surface area contributed by atoms with E-state index in [9.17, 15) is 14.3 Å². The van der Waals surface area contributed by atoms with Gasteiger partial charge >= 0.3 is 0 Å². The predicted octanol–water partition coefficient (Wildman–Crippen LogP) is 1.94. The van der Waals surface area contributed by atoms with Crippen molar-refractivity contribution in [1.82, 2.24) is 5.32 Å². The number of hydrogen-bond donors (Lipinski definition) is 3. The maximum atomic E-state index is 13.1. The molecule has 1 aliphatic rings. The maximum Gasteiger partial charge on any atom is 0.251 e. The Morgan fingerprint density at radius 1 is 1.35 bits per heavy atom. The van der Waals surface area contributed by atoms with Crippen LogP contribution in [0.15, 0.2) is 18.2 Å². The number of hydrogen-bond acceptors (Lipinski definition) is 3. The molecular formula is C15H21FN2O2. The molecule has 4 nitrogen and oxygen atoms in total. The Morgan fingerprint density at radius 2 is 2.05 bits per heavy atom. The molecule has 0 spiro atoms. The molecule has 110 valence electrons. The fourth-order valence-corrected chi connectivity index (χ4v) is 2.80. The Balaban J connectivity index is 1.92. The van der Waals surface area contributed by atoms with Gasteiger partial charge in [0.2, 0.25) is 0 Å². The summed E-state index contributed by atoms with van der Waals surface area (Å²) in [6.45, 7) is 0.714. The Kier molecular flexibility index (Phi) is 4.95. The van der Waals surface area contributed by atoms with Crippen LogP contribution in [0.1, 0.15) is 36.0 Å². The first kappa shape index (κ1) is 14.8. The van der Waals surface area contributed by atoms with Gasteiger partial charge in [-0.05, 0) is 42.9 Å². The standard InChI is InChI=1S/C15H21FN2O2/c16-13-6-5-10(7-14(13)17)15(20)18-8-11-3-1-2-4-12(11)9-19/h5-7,11-12,19H,1-4,8-9,17H2,(H,18,20). The topological polar surface area (TPSA) is 75.4 Å². The number of carbonyl (C=O) groups excluding carboxylic acids is 1. The van der Waals surface area contributed by atoms with Crippen molar-refractivity contribution in [3.63, 3.8) is 0 Å². The van der Waals surface area contributed by atoms with Gasteiger partial charge in [-0.25, -0.2) is 4.39 Å². The van der Waals surface area contributed by atoms with Crippen molar-refractivity contribution in [2.45, 2.75) is 25.7 Å². The van der Waals surface area contributed by atoms with Crippen molar-refractivity contribution in [2.24, 2.45) is 11.8 Å². The minimum absolute atomic E-state index is 0.0245. The van der Waals surface area contributed by atoms with Crippen LogP contribution < -0.4 is 11.1 Å². The molecule has 0 saturated heterocycles. The summed E-state index contributed by atoms with van der Waals surface area (Å²) in [6, 6.07) is 3.96. The number of benzene rings is 1. The van der Waals surface area contributed by atoms with Crippen molar-refractivity contribution in [2.75, 3.05) is 18.9 Å². The number of rotatable bonds is 4. The zero-order valence-corrected chi connectivity index (χ0v) is 11.4. The average molecular weight is 280 g/mol. The molecule has 1 aromatic rings. The van der Waals surface area contributed by atoms with Crippen LogP contribution in [0.5, 0.6) is 0 Å². The highest BCUT2D eigenvalue weighted by Gasteiger charge is 2.24. The van der Waals surface area contributed by atoms with E-state index in [4.69, 9.17) is 5.73 Å². The smallest absolute Gasteiger partial charge is 0.251 e. The molecule has 0 radical (unpaired) electrons. The van der Waals surface area contributed by atoms with E-state index in [-0.39, 0.29) is 24.1 Å². The van der Waals surface area contributed by atoms with Crippen LogP contribution in [0.25, 0.3) is 0 Å². The fourth-order valence-electron chi connectivity index (χ4n) is 2.80. The van der Waals surface area contributed by atoms with E-state index in [1.54, 1.807) is 0 Å². The summed E-state index contributed by atoms with van der Waals surface area (Å²) in [6.07, 6.45) is 4.32. The quantitative estimate of drug-likeness (QED) is 0.738. The van der Waals surface area contributed by atoms with Gasteiger partial charge in [0.05, 0.1) is 5.69 Å². The summed E-state index contributed by atoms with van der Waals surface area (Å²) in [5.41, 5.74) is 5.79. The molecule has 5 heteroatoms. The average Bonchev–Trinajstić information content (AvgIpc) is 2.47. The zero-order chi connectivity index (χ0) is 14.5. The largest absolute Gasteiger partial charge is 0.396 e. The van der Waals surface area contributed by atoms with Crippen LogP contribution in [-0.4, -0.2) is 24.2 Å². The second-order valence-corrected chi connectivity index (χ2v) is 5.43. The van der Waals surface area contributed by atoms with Crippen molar-refractivity contribution in [3.8, 4) is 0 Å². The lowest BCUT2D eigenvalue weighted by molar-refractivity contribution is 0.0909. The Bertz CT molecular complexity index is 479. The number of aliphatic hydroxyl groups excluding tert-OH is 1. The lowest BCUT2D eigenvalue weighted by atomic mass is 9.79. The molecule has 2 rings (SSSR count). The molecule has 20 heavy (non-hydrogen) atoms. The summed E-state index contributed by atoms with van der Waals surface area (Å²) >= 11 is 0. The van der Waals surface area contributed by atoms with E-state index in [0.717, 1.165) is 25.7 Å². The number of nitrogen functional groups attached to an aromatic ring is 1. The van der Waals surface area contributed by atoms with Crippen molar-refractivity contribution in [3.05, 3.63) is 29.6 Å². The lowest BCUT2D eigenvalue weighted by Crippen LogP contribution is -2.35. The fraction of sp³-hybridized carbons (Fsp3) is 0.533. The van der Waals surface area contributed by atoms with E-state index in [0.29, 0.717) is 18.0 Å². The highest BCUT2D eigenvalue weighted by molar-refractivity contribution is 5.95. The third kappa shape index (κ3) is 3.48. The summed E-state index contributed by atoms with van der Waals surface area (Å²) in [5.74, 6) is -0.189. The third-order valence-corrected chi connectivity index (χ3v) is 4.08. The molecule has 0 aliphatic heterocycles. The number of carbonyl (C=O) groups is 1. The molecule has 0 aromatic heterocycles. The van der Waals surface area contributed by atoms with Crippen LogP contribution >= 0.6 is 0 Å². The Labute approximate surface area is 118 Å². The van der Waals surface area contributed by atoms with Gasteiger partial charge in [0.15, 0.2) is 0 Å². The first-order valence-electron chi connectivity index (χ1n) is 7.06. The maximum absolute atomic E-state index is 13.1. The number of nitrogens with one attached hydrogen (secondary N) is 1. The summed E-state index contributed by atoms with van der Waals surface area (Å²) in [7, 11) is 0. The minimum Gasteiger partial charge on any atom is -0.396 e. The summed E-state index contributed by atoms with van der Waals surface area (Å²) in [4.78, 5) is 12.0. The summed E-state index contributed by atoms with van der Waals surface area (Å²) < 4.78 is 13.1. The van der Waals surface area contributed by atoms with Gasteiger partial charge < -0.3 is 16.2 Å². The lowest BCUT2D eigenvalue weighted by Gasteiger charge is -2.30. The first-order valence-corrected chi connectivity index (χ1v) is 7.06. The molecule has 0 heterocycles. The molecule has 1 aromatic carbocycles. The van der Waals surface area contributed by atoms with Gasteiger partial charge in [0.25, 0.3) is 5.91 Å². The molecule has 1 aliphatic carbocycles. The number of aliphatic hydroxyl groups is 1. The minimum atomic E-state index is -0.519. The number of anilines is 1. The van der Waals surface area contributed by atoms with Crippen molar-refractivity contribution in [1.29, 1.82) is 0 Å². The Hall–Kier alpha value is -1.62. The molecule has 1 fully saturated rings. The number of halogens is 1. The molecule has 2 unspecified atom stereocenters. The van der Waals surface area contributed by atoms with E-state index in [1.807, 2.05) is 0 Å². The van der Waals surface area contributed by atoms with Gasteiger partial charge in [0.1, 0.15) is 5.82 Å². The normalized spacial score (nSPS) is 22.5. The van der Waals surface area contributed by atoms with Gasteiger partial charge in [-0.1, -0.05) is 12.8 Å². The second-order valence-electron chi connectivity index (χ2n) is 5.43. The van der Waals surface area contributed by atoms with E-state index < -0.39 is 5.82 Å². The van der Waals surface area contributed by atoms with Crippen LogP contribution in [0.3, 0.4) is 0 Å². The number of amides is 1. The molecule has 1 amide bonds. The zero-order valence-electron chi connectivity index (χ0n) is 11.4. The molecule has 4 N–H and O–H groups in total. The van der Waals surface area contributed by atoms with Gasteiger partial charge in [-0.3, -0.25) is 4.79 Å². The Morgan fingerprint density at radius 3 is 2.70 bits per heavy atom. The molecule has 1 saturated carbocycles. The van der Waals surface area contributed by atoms with Crippen LogP contribution in [0.2, 0.25) is 0 Å². The summed E-state index contributed by atoms with van der Waals surface area (Å²) in [5, 5.41) is 12.2. The van der Waals surface area contributed by atoms with Gasteiger partial charge in [-0.2, -0.15) is 0 Å². The first-order chi connectivity index (χ1) is 9.61. The highest BCUT2D eigenvalue weighted by Crippen LogP contribution is 2.29. The third-order valence-electron chi connectivity index (χ3n) is 4.08. The molecule has 0 bridgehead atoms. The van der Waals surface area contributed by atoms with Crippen molar-refractivity contribution < 1.29 is 14.3 Å². The van der Waals surface area contributed by atoms with Crippen molar-refractivity contribution >= 4 is 11.6 Å². The second kappa shape index (κ2) is 6.70. The van der Waals surface area contributed by atoms with Gasteiger partial charge in [-0.15, -0.1) is 0 Å². The highest BCUT2D eigenvalue weighted by atomic mass is 19.1. The van der Waals surface area contributed by atoms with Gasteiger partial charge in [0, 0.05) is 18.7 Å². The molecular weight excluding hydrogens is 259 g/mol. The van der Waals surface area contributed by atoms with Crippen LogP contribution in [-0.2, 0) is 0 Å².